The first kappa shape index (κ1) is 17.0. The SMILES string of the molecule is CCCN(CCC)CC(NCC)c1cccc(OC)c1. The first-order valence-electron chi connectivity index (χ1n) is 7.84. The van der Waals surface area contributed by atoms with Gasteiger partial charge in [-0.05, 0) is 50.2 Å². The monoisotopic (exact) mass is 278 g/mol. The van der Waals surface area contributed by atoms with Crippen LogP contribution in [0.25, 0.3) is 0 Å². The second-order valence-electron chi connectivity index (χ2n) is 5.19. The van der Waals surface area contributed by atoms with Crippen LogP contribution in [-0.2, 0) is 0 Å². The molecule has 1 atom stereocenters. The average molecular weight is 278 g/mol. The van der Waals surface area contributed by atoms with Gasteiger partial charge in [0, 0.05) is 12.6 Å². The van der Waals surface area contributed by atoms with Gasteiger partial charge in [0.1, 0.15) is 5.75 Å². The zero-order valence-electron chi connectivity index (χ0n) is 13.5. The number of hydrogen-bond acceptors (Lipinski definition) is 3. The normalized spacial score (nSPS) is 12.7. The van der Waals surface area contributed by atoms with Gasteiger partial charge in [0.05, 0.1) is 7.11 Å². The summed E-state index contributed by atoms with van der Waals surface area (Å²) in [6.07, 6.45) is 2.41. The summed E-state index contributed by atoms with van der Waals surface area (Å²) in [5.74, 6) is 0.933. The molecule has 3 heteroatoms. The van der Waals surface area contributed by atoms with Gasteiger partial charge in [0.15, 0.2) is 0 Å². The Morgan fingerprint density at radius 1 is 1.15 bits per heavy atom. The van der Waals surface area contributed by atoms with Crippen molar-refractivity contribution in [2.75, 3.05) is 33.3 Å². The summed E-state index contributed by atoms with van der Waals surface area (Å²) >= 11 is 0. The van der Waals surface area contributed by atoms with Crippen LogP contribution in [0.3, 0.4) is 0 Å². The minimum absolute atomic E-state index is 0.369. The summed E-state index contributed by atoms with van der Waals surface area (Å²) in [4.78, 5) is 2.55. The van der Waals surface area contributed by atoms with Crippen LogP contribution in [0.15, 0.2) is 24.3 Å². The molecule has 0 bridgehead atoms. The van der Waals surface area contributed by atoms with Crippen molar-refractivity contribution in [3.63, 3.8) is 0 Å². The first-order chi connectivity index (χ1) is 9.74. The third-order valence-electron chi connectivity index (χ3n) is 3.47. The molecule has 3 nitrogen and oxygen atoms in total. The molecule has 0 aromatic heterocycles. The number of nitrogens with one attached hydrogen (secondary N) is 1. The van der Waals surface area contributed by atoms with Crippen LogP contribution in [-0.4, -0.2) is 38.2 Å². The third-order valence-corrected chi connectivity index (χ3v) is 3.47. The van der Waals surface area contributed by atoms with E-state index in [1.807, 2.05) is 6.07 Å². The maximum absolute atomic E-state index is 5.34. The van der Waals surface area contributed by atoms with Gasteiger partial charge in [-0.1, -0.05) is 32.9 Å². The van der Waals surface area contributed by atoms with Crippen LogP contribution in [0, 0.1) is 0 Å². The van der Waals surface area contributed by atoms with Crippen molar-refractivity contribution in [1.29, 1.82) is 0 Å². The van der Waals surface area contributed by atoms with E-state index < -0.39 is 0 Å². The van der Waals surface area contributed by atoms with Crippen LogP contribution in [0.2, 0.25) is 0 Å². The van der Waals surface area contributed by atoms with Crippen molar-refractivity contribution in [2.24, 2.45) is 0 Å². The second-order valence-corrected chi connectivity index (χ2v) is 5.19. The molecule has 0 fully saturated rings. The van der Waals surface area contributed by atoms with Crippen molar-refractivity contribution >= 4 is 0 Å². The number of benzene rings is 1. The standard InChI is InChI=1S/C17H30N2O/c1-5-11-19(12-6-2)14-17(18-7-3)15-9-8-10-16(13-15)20-4/h8-10,13,17-18H,5-7,11-12,14H2,1-4H3. The number of rotatable bonds is 10. The molecular formula is C17H30N2O. The van der Waals surface area contributed by atoms with Gasteiger partial charge >= 0.3 is 0 Å². The minimum atomic E-state index is 0.369. The molecule has 1 aromatic carbocycles. The lowest BCUT2D eigenvalue weighted by molar-refractivity contribution is 0.244. The van der Waals surface area contributed by atoms with Gasteiger partial charge in [-0.25, -0.2) is 0 Å². The van der Waals surface area contributed by atoms with Gasteiger partial charge in [0.25, 0.3) is 0 Å². The molecule has 1 aromatic rings. The van der Waals surface area contributed by atoms with E-state index in [0.29, 0.717) is 6.04 Å². The van der Waals surface area contributed by atoms with E-state index in [1.54, 1.807) is 7.11 Å². The zero-order valence-corrected chi connectivity index (χ0v) is 13.5. The van der Waals surface area contributed by atoms with Gasteiger partial charge in [0.2, 0.25) is 0 Å². The maximum Gasteiger partial charge on any atom is 0.119 e. The highest BCUT2D eigenvalue weighted by Crippen LogP contribution is 2.20. The Hall–Kier alpha value is -1.06. The van der Waals surface area contributed by atoms with Crippen LogP contribution >= 0.6 is 0 Å². The van der Waals surface area contributed by atoms with Crippen LogP contribution < -0.4 is 10.1 Å². The topological polar surface area (TPSA) is 24.5 Å². The summed E-state index contributed by atoms with van der Waals surface area (Å²) in [5, 5.41) is 3.60. The molecular weight excluding hydrogens is 248 g/mol. The van der Waals surface area contributed by atoms with Crippen molar-refractivity contribution < 1.29 is 4.74 Å². The fraction of sp³-hybridized carbons (Fsp3) is 0.647. The molecule has 0 aliphatic carbocycles. The fourth-order valence-electron chi connectivity index (χ4n) is 2.58. The highest BCUT2D eigenvalue weighted by Gasteiger charge is 2.15. The summed E-state index contributed by atoms with van der Waals surface area (Å²) in [6, 6.07) is 8.77. The van der Waals surface area contributed by atoms with E-state index in [0.717, 1.165) is 18.8 Å². The lowest BCUT2D eigenvalue weighted by Crippen LogP contribution is -2.36. The molecule has 0 radical (unpaired) electrons. The Kier molecular flexibility index (Phi) is 8.31. The van der Waals surface area contributed by atoms with Gasteiger partial charge in [-0.2, -0.15) is 0 Å². The summed E-state index contributed by atoms with van der Waals surface area (Å²) < 4.78 is 5.34. The molecule has 114 valence electrons. The van der Waals surface area contributed by atoms with E-state index in [1.165, 1.54) is 31.5 Å². The number of nitrogens with zero attached hydrogens (tertiary/aromatic N) is 1. The molecule has 0 heterocycles. The van der Waals surface area contributed by atoms with Crippen LogP contribution in [0.1, 0.15) is 45.2 Å². The number of methoxy groups -OCH3 is 1. The van der Waals surface area contributed by atoms with Crippen molar-refractivity contribution in [3.05, 3.63) is 29.8 Å². The van der Waals surface area contributed by atoms with E-state index in [4.69, 9.17) is 4.74 Å². The van der Waals surface area contributed by atoms with E-state index >= 15 is 0 Å². The van der Waals surface area contributed by atoms with Gasteiger partial charge in [-0.3, -0.25) is 0 Å². The summed E-state index contributed by atoms with van der Waals surface area (Å²) in [7, 11) is 1.72. The van der Waals surface area contributed by atoms with E-state index in [9.17, 15) is 0 Å². The van der Waals surface area contributed by atoms with Crippen LogP contribution in [0.4, 0.5) is 0 Å². The summed E-state index contributed by atoms with van der Waals surface area (Å²) in [5.41, 5.74) is 1.31. The smallest absolute Gasteiger partial charge is 0.119 e. The van der Waals surface area contributed by atoms with Gasteiger partial charge < -0.3 is 15.0 Å². The Bertz CT molecular complexity index is 362. The predicted molar refractivity (Wildman–Crippen MR) is 86.4 cm³/mol. The zero-order chi connectivity index (χ0) is 14.8. The Balaban J connectivity index is 2.80. The van der Waals surface area contributed by atoms with Crippen LogP contribution in [0.5, 0.6) is 5.75 Å². The molecule has 0 amide bonds. The molecule has 0 aliphatic heterocycles. The second kappa shape index (κ2) is 9.78. The quantitative estimate of drug-likeness (QED) is 0.709. The van der Waals surface area contributed by atoms with E-state index in [2.05, 4.69) is 49.2 Å². The molecule has 0 aliphatic rings. The molecule has 1 N–H and O–H groups in total. The molecule has 0 saturated carbocycles. The summed E-state index contributed by atoms with van der Waals surface area (Å²) in [6.45, 7) is 11.0. The molecule has 0 spiro atoms. The Labute approximate surface area is 124 Å². The molecule has 0 saturated heterocycles. The lowest BCUT2D eigenvalue weighted by Gasteiger charge is -2.28. The number of likely N-dealkylation sites (N-methyl/N-ethyl adjacent to an activating group) is 1. The average Bonchev–Trinajstić information content (AvgIpc) is 2.47. The largest absolute Gasteiger partial charge is 0.497 e. The highest BCUT2D eigenvalue weighted by molar-refractivity contribution is 5.30. The van der Waals surface area contributed by atoms with Gasteiger partial charge in [-0.15, -0.1) is 0 Å². The van der Waals surface area contributed by atoms with Crippen molar-refractivity contribution in [3.8, 4) is 5.75 Å². The van der Waals surface area contributed by atoms with E-state index in [-0.39, 0.29) is 0 Å². The third kappa shape index (κ3) is 5.51. The predicted octanol–water partition coefficient (Wildman–Crippen LogP) is 3.47. The maximum atomic E-state index is 5.34. The molecule has 1 unspecified atom stereocenters. The lowest BCUT2D eigenvalue weighted by atomic mass is 10.1. The number of ether oxygens (including phenoxy) is 1. The minimum Gasteiger partial charge on any atom is -0.497 e. The Morgan fingerprint density at radius 2 is 1.85 bits per heavy atom. The highest BCUT2D eigenvalue weighted by atomic mass is 16.5. The first-order valence-corrected chi connectivity index (χ1v) is 7.84. The Morgan fingerprint density at radius 3 is 2.40 bits per heavy atom. The molecule has 1 rings (SSSR count). The molecule has 20 heavy (non-hydrogen) atoms. The van der Waals surface area contributed by atoms with Crippen molar-refractivity contribution in [2.45, 2.75) is 39.7 Å². The fourth-order valence-corrected chi connectivity index (χ4v) is 2.58. The van der Waals surface area contributed by atoms with Crippen molar-refractivity contribution in [1.82, 2.24) is 10.2 Å². The number of hydrogen-bond donors (Lipinski definition) is 1.